The predicted octanol–water partition coefficient (Wildman–Crippen LogP) is 4.22. The summed E-state index contributed by atoms with van der Waals surface area (Å²) < 4.78 is 32.7. The Labute approximate surface area is 187 Å². The number of nitrogens with zero attached hydrogens (tertiary/aromatic N) is 3. The van der Waals surface area contributed by atoms with Crippen LogP contribution in [0.5, 0.6) is 0 Å². The average molecular weight is 474 g/mol. The van der Waals surface area contributed by atoms with Crippen molar-refractivity contribution in [2.75, 3.05) is 20.1 Å². The van der Waals surface area contributed by atoms with Gasteiger partial charge in [-0.15, -0.1) is 0 Å². The first-order valence-electron chi connectivity index (χ1n) is 9.68. The third-order valence-corrected chi connectivity index (χ3v) is 8.31. The summed E-state index contributed by atoms with van der Waals surface area (Å²) in [5, 5.41) is 4.77. The molecule has 0 aliphatic carbocycles. The van der Waals surface area contributed by atoms with Crippen LogP contribution >= 0.6 is 23.2 Å². The molecule has 2 aromatic rings. The van der Waals surface area contributed by atoms with Crippen molar-refractivity contribution in [2.45, 2.75) is 44.6 Å². The summed E-state index contributed by atoms with van der Waals surface area (Å²) in [6.45, 7) is 5.54. The molecule has 1 aliphatic heterocycles. The van der Waals surface area contributed by atoms with Crippen molar-refractivity contribution in [3.63, 3.8) is 0 Å². The highest BCUT2D eigenvalue weighted by Crippen LogP contribution is 2.32. The fourth-order valence-electron chi connectivity index (χ4n) is 3.86. The number of hydrogen-bond acceptors (Lipinski definition) is 5. The van der Waals surface area contributed by atoms with E-state index >= 15 is 0 Å². The first-order valence-corrected chi connectivity index (χ1v) is 11.9. The van der Waals surface area contributed by atoms with Gasteiger partial charge in [-0.05, 0) is 51.3 Å². The van der Waals surface area contributed by atoms with E-state index in [9.17, 15) is 13.2 Å². The van der Waals surface area contributed by atoms with E-state index in [2.05, 4.69) is 5.16 Å². The van der Waals surface area contributed by atoms with Gasteiger partial charge in [0.15, 0.2) is 5.76 Å². The zero-order valence-corrected chi connectivity index (χ0v) is 19.7. The molecule has 0 N–H and O–H groups in total. The van der Waals surface area contributed by atoms with Crippen LogP contribution in [0.2, 0.25) is 10.0 Å². The summed E-state index contributed by atoms with van der Waals surface area (Å²) >= 11 is 12.3. The molecule has 10 heteroatoms. The Balaban J connectivity index is 1.78. The van der Waals surface area contributed by atoms with Gasteiger partial charge < -0.3 is 9.42 Å². The molecule has 1 amide bonds. The Morgan fingerprint density at radius 3 is 2.63 bits per heavy atom. The second-order valence-electron chi connectivity index (χ2n) is 7.65. The van der Waals surface area contributed by atoms with Crippen LogP contribution in [0.3, 0.4) is 0 Å². The van der Waals surface area contributed by atoms with E-state index in [1.54, 1.807) is 44.0 Å². The maximum Gasteiger partial charge on any atom is 0.248 e. The van der Waals surface area contributed by atoms with Crippen LogP contribution in [0.25, 0.3) is 0 Å². The molecular formula is C20H25Cl2N3O4S. The lowest BCUT2D eigenvalue weighted by Gasteiger charge is -2.35. The number of aromatic nitrogens is 1. The highest BCUT2D eigenvalue weighted by molar-refractivity contribution is 7.89. The number of sulfonamides is 1. The molecule has 1 fully saturated rings. The van der Waals surface area contributed by atoms with Gasteiger partial charge in [0.25, 0.3) is 0 Å². The van der Waals surface area contributed by atoms with E-state index in [4.69, 9.17) is 27.7 Å². The Hall–Kier alpha value is -1.61. The summed E-state index contributed by atoms with van der Waals surface area (Å²) in [6.07, 6.45) is 1.22. The van der Waals surface area contributed by atoms with Crippen molar-refractivity contribution in [2.24, 2.45) is 5.92 Å². The molecule has 1 aromatic heterocycles. The van der Waals surface area contributed by atoms with Crippen molar-refractivity contribution >= 4 is 39.1 Å². The SMILES string of the molecule is Cc1noc(C)c1S(=O)(=O)N1CCCC(C(=O)N(C)C(C)c2ccc(Cl)cc2Cl)C1. The summed E-state index contributed by atoms with van der Waals surface area (Å²) in [5.41, 5.74) is 1.11. The van der Waals surface area contributed by atoms with Crippen LogP contribution in [0.4, 0.5) is 0 Å². The lowest BCUT2D eigenvalue weighted by molar-refractivity contribution is -0.137. The van der Waals surface area contributed by atoms with Gasteiger partial charge in [0.1, 0.15) is 10.6 Å². The largest absolute Gasteiger partial charge is 0.360 e. The van der Waals surface area contributed by atoms with Gasteiger partial charge in [0, 0.05) is 30.2 Å². The van der Waals surface area contributed by atoms with Gasteiger partial charge in [-0.2, -0.15) is 4.31 Å². The molecule has 1 saturated heterocycles. The van der Waals surface area contributed by atoms with Crippen molar-refractivity contribution < 1.29 is 17.7 Å². The zero-order chi connectivity index (χ0) is 22.2. The molecule has 1 aromatic carbocycles. The number of rotatable bonds is 5. The van der Waals surface area contributed by atoms with Crippen molar-refractivity contribution in [1.29, 1.82) is 0 Å². The first kappa shape index (κ1) is 23.1. The quantitative estimate of drug-likeness (QED) is 0.648. The molecular weight excluding hydrogens is 449 g/mol. The molecule has 2 atom stereocenters. The van der Waals surface area contributed by atoms with Gasteiger partial charge in [0.05, 0.1) is 12.0 Å². The Morgan fingerprint density at radius 2 is 2.03 bits per heavy atom. The standard InChI is InChI=1S/C20H25Cl2N3O4S/c1-12-19(14(3)29-23-12)30(27,28)25-9-5-6-15(11-25)20(26)24(4)13(2)17-8-7-16(21)10-18(17)22/h7-8,10,13,15H,5-6,9,11H2,1-4H3. The van der Waals surface area contributed by atoms with Crippen LogP contribution < -0.4 is 0 Å². The van der Waals surface area contributed by atoms with Crippen LogP contribution in [-0.4, -0.2) is 48.8 Å². The second kappa shape index (κ2) is 8.86. The van der Waals surface area contributed by atoms with Crippen molar-refractivity contribution in [3.8, 4) is 0 Å². The smallest absolute Gasteiger partial charge is 0.248 e. The number of halogens is 2. The second-order valence-corrected chi connectivity index (χ2v) is 10.4. The molecule has 30 heavy (non-hydrogen) atoms. The number of carbonyl (C=O) groups is 1. The zero-order valence-electron chi connectivity index (χ0n) is 17.4. The summed E-state index contributed by atoms with van der Waals surface area (Å²) in [5.74, 6) is -0.302. The maximum atomic E-state index is 13.2. The minimum Gasteiger partial charge on any atom is -0.360 e. The van der Waals surface area contributed by atoms with Gasteiger partial charge >= 0.3 is 0 Å². The molecule has 0 bridgehead atoms. The molecule has 2 heterocycles. The van der Waals surface area contributed by atoms with Gasteiger partial charge in [0.2, 0.25) is 15.9 Å². The normalized spacial score (nSPS) is 18.9. The number of aryl methyl sites for hydroxylation is 2. The van der Waals surface area contributed by atoms with Crippen LogP contribution in [0, 0.1) is 19.8 Å². The van der Waals surface area contributed by atoms with Gasteiger partial charge in [-0.3, -0.25) is 4.79 Å². The topological polar surface area (TPSA) is 83.7 Å². The van der Waals surface area contributed by atoms with Gasteiger partial charge in [-0.1, -0.05) is 34.4 Å². The van der Waals surface area contributed by atoms with Gasteiger partial charge in [-0.25, -0.2) is 8.42 Å². The fourth-order valence-corrected chi connectivity index (χ4v) is 6.24. The summed E-state index contributed by atoms with van der Waals surface area (Å²) in [6, 6.07) is 4.90. The lowest BCUT2D eigenvalue weighted by atomic mass is 9.96. The minimum atomic E-state index is -3.79. The molecule has 3 rings (SSSR count). The lowest BCUT2D eigenvalue weighted by Crippen LogP contribution is -2.46. The number of benzene rings is 1. The molecule has 164 valence electrons. The molecule has 0 saturated carbocycles. The maximum absolute atomic E-state index is 13.2. The van der Waals surface area contributed by atoms with Crippen LogP contribution in [0.15, 0.2) is 27.6 Å². The third kappa shape index (κ3) is 4.37. The number of hydrogen-bond donors (Lipinski definition) is 0. The van der Waals surface area contributed by atoms with E-state index < -0.39 is 15.9 Å². The number of carbonyl (C=O) groups excluding carboxylic acids is 1. The third-order valence-electron chi connectivity index (χ3n) is 5.64. The van der Waals surface area contributed by atoms with Crippen LogP contribution in [-0.2, 0) is 14.8 Å². The highest BCUT2D eigenvalue weighted by Gasteiger charge is 2.38. The average Bonchev–Trinajstić information content (AvgIpc) is 3.05. The minimum absolute atomic E-state index is 0.0882. The molecule has 1 aliphatic rings. The Bertz CT molecular complexity index is 1030. The number of amides is 1. The molecule has 2 unspecified atom stereocenters. The summed E-state index contributed by atoms with van der Waals surface area (Å²) in [4.78, 5) is 14.9. The van der Waals surface area contributed by atoms with E-state index in [0.29, 0.717) is 35.1 Å². The van der Waals surface area contributed by atoms with E-state index in [-0.39, 0.29) is 29.1 Å². The first-order chi connectivity index (χ1) is 14.0. The Kier molecular flexibility index (Phi) is 6.81. The van der Waals surface area contributed by atoms with Crippen molar-refractivity contribution in [1.82, 2.24) is 14.4 Å². The predicted molar refractivity (Wildman–Crippen MR) is 115 cm³/mol. The van der Waals surface area contributed by atoms with E-state index in [0.717, 1.165) is 5.56 Å². The fraction of sp³-hybridized carbons (Fsp3) is 0.500. The van der Waals surface area contributed by atoms with Crippen LogP contribution in [0.1, 0.15) is 42.8 Å². The summed E-state index contributed by atoms with van der Waals surface area (Å²) in [7, 11) is -2.08. The highest BCUT2D eigenvalue weighted by atomic mass is 35.5. The monoisotopic (exact) mass is 473 g/mol. The van der Waals surface area contributed by atoms with E-state index in [1.807, 2.05) is 6.92 Å². The number of piperidine rings is 1. The van der Waals surface area contributed by atoms with Crippen molar-refractivity contribution in [3.05, 3.63) is 45.3 Å². The molecule has 0 spiro atoms. The molecule has 7 nitrogen and oxygen atoms in total. The Morgan fingerprint density at radius 1 is 1.33 bits per heavy atom. The molecule has 0 radical (unpaired) electrons. The van der Waals surface area contributed by atoms with E-state index in [1.165, 1.54) is 4.31 Å².